The van der Waals surface area contributed by atoms with E-state index in [0.29, 0.717) is 19.1 Å². The van der Waals surface area contributed by atoms with Crippen LogP contribution in [0, 0.1) is 5.92 Å². The van der Waals surface area contributed by atoms with Gasteiger partial charge in [0.1, 0.15) is 0 Å². The predicted octanol–water partition coefficient (Wildman–Crippen LogP) is 1.91. The van der Waals surface area contributed by atoms with Crippen molar-refractivity contribution in [3.63, 3.8) is 0 Å². The quantitative estimate of drug-likeness (QED) is 0.670. The van der Waals surface area contributed by atoms with Crippen LogP contribution in [0.1, 0.15) is 20.3 Å². The molecule has 3 nitrogen and oxygen atoms in total. The minimum absolute atomic E-state index is 0.0324. The fraction of sp³-hybridized carbons (Fsp3) is 0.583. The lowest BCUT2D eigenvalue weighted by Crippen LogP contribution is -2.20. The Hall–Kier alpha value is -1.09. The van der Waals surface area contributed by atoms with Gasteiger partial charge in [-0.3, -0.25) is 4.79 Å². The number of rotatable bonds is 6. The summed E-state index contributed by atoms with van der Waals surface area (Å²) >= 11 is 0. The number of hydrogen-bond donors (Lipinski definition) is 0. The van der Waals surface area contributed by atoms with Crippen molar-refractivity contribution >= 4 is 0 Å². The molecule has 1 aromatic rings. The lowest BCUT2D eigenvalue weighted by atomic mass is 10.1. The standard InChI is InChI=1S/C12H19NO2/c1-11(2)6-9-15-10-8-13-7-4-3-5-12(13)14/h3-5,7,11H,6,8-10H2,1-2H3. The topological polar surface area (TPSA) is 31.2 Å². The number of ether oxygens (including phenoxy) is 1. The maximum atomic E-state index is 11.3. The molecule has 1 heterocycles. The molecule has 3 heteroatoms. The summed E-state index contributed by atoms with van der Waals surface area (Å²) < 4.78 is 7.11. The zero-order valence-corrected chi connectivity index (χ0v) is 9.48. The molecule has 0 fully saturated rings. The Labute approximate surface area is 90.7 Å². The largest absolute Gasteiger partial charge is 0.380 e. The van der Waals surface area contributed by atoms with Crippen molar-refractivity contribution in [2.45, 2.75) is 26.8 Å². The average Bonchev–Trinajstić information content (AvgIpc) is 2.20. The molecule has 0 atom stereocenters. The van der Waals surface area contributed by atoms with E-state index in [2.05, 4.69) is 13.8 Å². The predicted molar refractivity (Wildman–Crippen MR) is 61.0 cm³/mol. The van der Waals surface area contributed by atoms with Crippen LogP contribution in [0.2, 0.25) is 0 Å². The van der Waals surface area contributed by atoms with Crippen molar-refractivity contribution in [3.8, 4) is 0 Å². The summed E-state index contributed by atoms with van der Waals surface area (Å²) in [5, 5.41) is 0. The molecule has 0 bridgehead atoms. The minimum Gasteiger partial charge on any atom is -0.380 e. The Morgan fingerprint density at radius 2 is 2.13 bits per heavy atom. The molecule has 0 aliphatic rings. The first kappa shape index (κ1) is 12.0. The zero-order chi connectivity index (χ0) is 11.1. The molecule has 0 saturated carbocycles. The molecule has 1 aromatic heterocycles. The third-order valence-corrected chi connectivity index (χ3v) is 2.22. The maximum Gasteiger partial charge on any atom is 0.250 e. The molecule has 0 aromatic carbocycles. The molecular formula is C12H19NO2. The average molecular weight is 209 g/mol. The minimum atomic E-state index is 0.0324. The summed E-state index contributed by atoms with van der Waals surface area (Å²) in [4.78, 5) is 11.3. The molecular weight excluding hydrogens is 190 g/mol. The fourth-order valence-corrected chi connectivity index (χ4v) is 1.23. The SMILES string of the molecule is CC(C)CCOCCn1ccccc1=O. The van der Waals surface area contributed by atoms with Gasteiger partial charge in [-0.15, -0.1) is 0 Å². The molecule has 0 unspecified atom stereocenters. The second-order valence-corrected chi connectivity index (χ2v) is 4.03. The van der Waals surface area contributed by atoms with Crippen molar-refractivity contribution in [2.24, 2.45) is 5.92 Å². The molecule has 1 rings (SSSR count). The van der Waals surface area contributed by atoms with Crippen LogP contribution in [0.25, 0.3) is 0 Å². The monoisotopic (exact) mass is 209 g/mol. The van der Waals surface area contributed by atoms with Gasteiger partial charge in [0, 0.05) is 25.4 Å². The highest BCUT2D eigenvalue weighted by Gasteiger charge is 1.95. The van der Waals surface area contributed by atoms with Gasteiger partial charge in [0.2, 0.25) is 0 Å². The third-order valence-electron chi connectivity index (χ3n) is 2.22. The van der Waals surface area contributed by atoms with Crippen LogP contribution in [-0.4, -0.2) is 17.8 Å². The van der Waals surface area contributed by atoms with E-state index in [9.17, 15) is 4.79 Å². The van der Waals surface area contributed by atoms with Gasteiger partial charge in [-0.05, 0) is 18.4 Å². The lowest BCUT2D eigenvalue weighted by molar-refractivity contribution is 0.115. The van der Waals surface area contributed by atoms with Crippen LogP contribution in [0.4, 0.5) is 0 Å². The Kier molecular flexibility index (Phi) is 5.12. The van der Waals surface area contributed by atoms with E-state index in [0.717, 1.165) is 13.0 Å². The fourth-order valence-electron chi connectivity index (χ4n) is 1.23. The molecule has 0 aliphatic heterocycles. The van der Waals surface area contributed by atoms with Gasteiger partial charge in [0.25, 0.3) is 5.56 Å². The highest BCUT2D eigenvalue weighted by Crippen LogP contribution is 1.98. The summed E-state index contributed by atoms with van der Waals surface area (Å²) in [5.41, 5.74) is 0.0324. The van der Waals surface area contributed by atoms with Crippen LogP contribution in [-0.2, 0) is 11.3 Å². The molecule has 0 aliphatic carbocycles. The van der Waals surface area contributed by atoms with Crippen molar-refractivity contribution in [3.05, 3.63) is 34.7 Å². The molecule has 15 heavy (non-hydrogen) atoms. The molecule has 84 valence electrons. The number of aromatic nitrogens is 1. The second kappa shape index (κ2) is 6.40. The first-order chi connectivity index (χ1) is 7.20. The Morgan fingerprint density at radius 3 is 2.80 bits per heavy atom. The zero-order valence-electron chi connectivity index (χ0n) is 9.48. The summed E-state index contributed by atoms with van der Waals surface area (Å²) in [6.45, 7) is 6.36. The molecule has 0 spiro atoms. The number of nitrogens with zero attached hydrogens (tertiary/aromatic N) is 1. The summed E-state index contributed by atoms with van der Waals surface area (Å²) in [7, 11) is 0. The van der Waals surface area contributed by atoms with Gasteiger partial charge in [-0.1, -0.05) is 19.9 Å². The van der Waals surface area contributed by atoms with Gasteiger partial charge in [-0.25, -0.2) is 0 Å². The Balaban J connectivity index is 2.21. The van der Waals surface area contributed by atoms with Crippen LogP contribution in [0.5, 0.6) is 0 Å². The van der Waals surface area contributed by atoms with Crippen LogP contribution >= 0.6 is 0 Å². The van der Waals surface area contributed by atoms with Crippen molar-refractivity contribution in [2.75, 3.05) is 13.2 Å². The van der Waals surface area contributed by atoms with Crippen LogP contribution < -0.4 is 5.56 Å². The van der Waals surface area contributed by atoms with Gasteiger partial charge in [0.05, 0.1) is 6.61 Å². The Morgan fingerprint density at radius 1 is 1.33 bits per heavy atom. The molecule has 0 amide bonds. The van der Waals surface area contributed by atoms with Crippen molar-refractivity contribution in [1.82, 2.24) is 4.57 Å². The highest BCUT2D eigenvalue weighted by molar-refractivity contribution is 4.92. The van der Waals surface area contributed by atoms with Crippen LogP contribution in [0.3, 0.4) is 0 Å². The van der Waals surface area contributed by atoms with Gasteiger partial charge >= 0.3 is 0 Å². The van der Waals surface area contributed by atoms with E-state index in [4.69, 9.17) is 4.74 Å². The number of pyridine rings is 1. The van der Waals surface area contributed by atoms with Gasteiger partial charge < -0.3 is 9.30 Å². The van der Waals surface area contributed by atoms with E-state index in [-0.39, 0.29) is 5.56 Å². The van der Waals surface area contributed by atoms with Crippen LogP contribution in [0.15, 0.2) is 29.2 Å². The normalized spacial score (nSPS) is 10.9. The smallest absolute Gasteiger partial charge is 0.250 e. The molecule has 0 radical (unpaired) electrons. The Bertz CT molecular complexity index is 330. The first-order valence-corrected chi connectivity index (χ1v) is 5.43. The summed E-state index contributed by atoms with van der Waals surface area (Å²) in [5.74, 6) is 0.671. The summed E-state index contributed by atoms with van der Waals surface area (Å²) in [6.07, 6.45) is 2.86. The van der Waals surface area contributed by atoms with E-state index in [1.165, 1.54) is 0 Å². The number of hydrogen-bond acceptors (Lipinski definition) is 2. The third kappa shape index (κ3) is 4.79. The second-order valence-electron chi connectivity index (χ2n) is 4.03. The summed E-state index contributed by atoms with van der Waals surface area (Å²) in [6, 6.07) is 5.17. The van der Waals surface area contributed by atoms with Crippen molar-refractivity contribution < 1.29 is 4.74 Å². The van der Waals surface area contributed by atoms with E-state index in [1.54, 1.807) is 22.9 Å². The van der Waals surface area contributed by atoms with E-state index in [1.807, 2.05) is 6.07 Å². The highest BCUT2D eigenvalue weighted by atomic mass is 16.5. The van der Waals surface area contributed by atoms with E-state index >= 15 is 0 Å². The lowest BCUT2D eigenvalue weighted by Gasteiger charge is -2.07. The first-order valence-electron chi connectivity index (χ1n) is 5.43. The van der Waals surface area contributed by atoms with Crippen molar-refractivity contribution in [1.29, 1.82) is 0 Å². The maximum absolute atomic E-state index is 11.3. The molecule has 0 N–H and O–H groups in total. The van der Waals surface area contributed by atoms with Gasteiger partial charge in [0.15, 0.2) is 0 Å². The molecule has 0 saturated heterocycles. The van der Waals surface area contributed by atoms with E-state index < -0.39 is 0 Å². The van der Waals surface area contributed by atoms with Gasteiger partial charge in [-0.2, -0.15) is 0 Å².